The molecule has 0 N–H and O–H groups in total. The fraction of sp³-hybridized carbons (Fsp3) is 0.438. The number of Topliss-reactive ketones (excluding diaryl/α,β-unsaturated/α-hetero) is 1. The highest BCUT2D eigenvalue weighted by Crippen LogP contribution is 2.26. The number of rotatable bonds is 4. The number of ketones is 1. The van der Waals surface area contributed by atoms with Crippen LogP contribution in [0.1, 0.15) is 37.7 Å². The maximum absolute atomic E-state index is 11.7. The summed E-state index contributed by atoms with van der Waals surface area (Å²) in [5.74, 6) is 0.699. The third-order valence-electron chi connectivity index (χ3n) is 3.51. The van der Waals surface area contributed by atoms with Crippen LogP contribution in [-0.2, 0) is 11.2 Å². The molecule has 90 valence electrons. The molecule has 1 atom stereocenters. The van der Waals surface area contributed by atoms with Crippen molar-refractivity contribution >= 4 is 5.78 Å². The monoisotopic (exact) mass is 228 g/mol. The molecule has 0 aromatic heterocycles. The van der Waals surface area contributed by atoms with Gasteiger partial charge in [-0.2, -0.15) is 0 Å². The molecule has 1 aliphatic rings. The summed E-state index contributed by atoms with van der Waals surface area (Å²) in [6.45, 7) is 4.13. The Bertz CT molecular complexity index is 391. The summed E-state index contributed by atoms with van der Waals surface area (Å²) >= 11 is 0. The third-order valence-corrected chi connectivity index (χ3v) is 3.51. The molecule has 0 radical (unpaired) electrons. The normalized spacial score (nSPS) is 20.2. The van der Waals surface area contributed by atoms with Crippen molar-refractivity contribution in [2.45, 2.75) is 38.5 Å². The minimum Gasteiger partial charge on any atom is -0.299 e. The predicted molar refractivity (Wildman–Crippen MR) is 70.9 cm³/mol. The van der Waals surface area contributed by atoms with Gasteiger partial charge in [-0.05, 0) is 31.2 Å². The molecule has 0 unspecified atom stereocenters. The molecule has 0 heterocycles. The molecular formula is C16H20O. The van der Waals surface area contributed by atoms with Gasteiger partial charge >= 0.3 is 0 Å². The third kappa shape index (κ3) is 3.55. The van der Waals surface area contributed by atoms with Crippen LogP contribution < -0.4 is 0 Å². The molecule has 1 aromatic rings. The number of benzene rings is 1. The molecule has 2 rings (SSSR count). The van der Waals surface area contributed by atoms with E-state index in [0.29, 0.717) is 5.78 Å². The van der Waals surface area contributed by atoms with Crippen molar-refractivity contribution in [3.8, 4) is 0 Å². The Morgan fingerprint density at radius 2 is 2.00 bits per heavy atom. The smallest absolute Gasteiger partial charge is 0.136 e. The lowest BCUT2D eigenvalue weighted by molar-refractivity contribution is -0.124. The van der Waals surface area contributed by atoms with Crippen LogP contribution in [0.2, 0.25) is 0 Å². The maximum atomic E-state index is 11.7. The Balaban J connectivity index is 1.87. The quantitative estimate of drug-likeness (QED) is 0.713. The lowest BCUT2D eigenvalue weighted by Gasteiger charge is -2.21. The Kier molecular flexibility index (Phi) is 4.13. The highest BCUT2D eigenvalue weighted by atomic mass is 16.1. The van der Waals surface area contributed by atoms with E-state index in [1.807, 2.05) is 18.2 Å². The van der Waals surface area contributed by atoms with Crippen LogP contribution in [-0.4, -0.2) is 5.78 Å². The van der Waals surface area contributed by atoms with Gasteiger partial charge in [0.05, 0.1) is 0 Å². The molecule has 17 heavy (non-hydrogen) atoms. The van der Waals surface area contributed by atoms with Gasteiger partial charge in [0.15, 0.2) is 0 Å². The highest BCUT2D eigenvalue weighted by molar-refractivity contribution is 5.81. The zero-order chi connectivity index (χ0) is 12.1. The van der Waals surface area contributed by atoms with Crippen molar-refractivity contribution in [3.05, 3.63) is 48.0 Å². The Morgan fingerprint density at radius 1 is 1.24 bits per heavy atom. The Labute approximate surface area is 104 Å². The fourth-order valence-corrected chi connectivity index (χ4v) is 2.58. The zero-order valence-electron chi connectivity index (χ0n) is 10.3. The lowest BCUT2D eigenvalue weighted by atomic mass is 9.83. The van der Waals surface area contributed by atoms with Gasteiger partial charge in [-0.3, -0.25) is 4.79 Å². The zero-order valence-corrected chi connectivity index (χ0v) is 10.3. The van der Waals surface area contributed by atoms with Gasteiger partial charge in [0.2, 0.25) is 0 Å². The fourth-order valence-electron chi connectivity index (χ4n) is 2.58. The second-order valence-electron chi connectivity index (χ2n) is 5.03. The molecule has 1 aliphatic carbocycles. The summed E-state index contributed by atoms with van der Waals surface area (Å²) in [6.07, 6.45) is 5.92. The molecule has 1 saturated carbocycles. The van der Waals surface area contributed by atoms with Crippen molar-refractivity contribution in [1.29, 1.82) is 0 Å². The van der Waals surface area contributed by atoms with Gasteiger partial charge in [-0.1, -0.05) is 48.9 Å². The van der Waals surface area contributed by atoms with E-state index < -0.39 is 0 Å². The molecule has 0 aliphatic heterocycles. The number of carbonyl (C=O) groups is 1. The van der Waals surface area contributed by atoms with Crippen molar-refractivity contribution in [1.82, 2.24) is 0 Å². The molecule has 1 heteroatoms. The summed E-state index contributed by atoms with van der Waals surface area (Å²) in [4.78, 5) is 11.7. The highest BCUT2D eigenvalue weighted by Gasteiger charge is 2.22. The minimum absolute atomic E-state index is 0.250. The van der Waals surface area contributed by atoms with Gasteiger partial charge in [-0.15, -0.1) is 0 Å². The van der Waals surface area contributed by atoms with E-state index in [-0.39, 0.29) is 5.92 Å². The lowest BCUT2D eigenvalue weighted by Crippen LogP contribution is -2.19. The summed E-state index contributed by atoms with van der Waals surface area (Å²) in [7, 11) is 0. The van der Waals surface area contributed by atoms with Crippen LogP contribution in [0, 0.1) is 5.92 Å². The van der Waals surface area contributed by atoms with Crippen LogP contribution in [0.4, 0.5) is 0 Å². The van der Waals surface area contributed by atoms with E-state index in [1.165, 1.54) is 17.6 Å². The van der Waals surface area contributed by atoms with Crippen LogP contribution >= 0.6 is 0 Å². The molecule has 0 spiro atoms. The van der Waals surface area contributed by atoms with E-state index in [1.54, 1.807) is 0 Å². The van der Waals surface area contributed by atoms with Gasteiger partial charge in [0.25, 0.3) is 0 Å². The first-order valence-corrected chi connectivity index (χ1v) is 6.49. The van der Waals surface area contributed by atoms with Crippen LogP contribution in [0.25, 0.3) is 0 Å². The maximum Gasteiger partial charge on any atom is 0.136 e. The standard InChI is InChI=1S/C16H20O/c1-13(11-14-7-3-2-4-8-14)12-15-9-5-6-10-16(15)17/h2-4,7-8,15H,1,5-6,9-12H2/t15-/m1/s1. The largest absolute Gasteiger partial charge is 0.299 e. The van der Waals surface area contributed by atoms with Crippen molar-refractivity contribution in [2.24, 2.45) is 5.92 Å². The number of carbonyl (C=O) groups excluding carboxylic acids is 1. The minimum atomic E-state index is 0.250. The molecule has 1 fully saturated rings. The number of hydrogen-bond donors (Lipinski definition) is 0. The summed E-state index contributed by atoms with van der Waals surface area (Å²) < 4.78 is 0. The van der Waals surface area contributed by atoms with Crippen LogP contribution in [0.5, 0.6) is 0 Å². The van der Waals surface area contributed by atoms with E-state index in [9.17, 15) is 4.79 Å². The van der Waals surface area contributed by atoms with Gasteiger partial charge < -0.3 is 0 Å². The van der Waals surface area contributed by atoms with Crippen molar-refractivity contribution < 1.29 is 4.79 Å². The average Bonchev–Trinajstić information content (AvgIpc) is 2.33. The molecule has 0 saturated heterocycles. The second kappa shape index (κ2) is 5.81. The van der Waals surface area contributed by atoms with Gasteiger partial charge in [-0.25, -0.2) is 0 Å². The van der Waals surface area contributed by atoms with Gasteiger partial charge in [0, 0.05) is 12.3 Å². The molecule has 1 nitrogen and oxygen atoms in total. The predicted octanol–water partition coefficient (Wildman–Crippen LogP) is 3.93. The van der Waals surface area contributed by atoms with Crippen LogP contribution in [0.3, 0.4) is 0 Å². The van der Waals surface area contributed by atoms with Crippen molar-refractivity contribution in [2.75, 3.05) is 0 Å². The number of hydrogen-bond acceptors (Lipinski definition) is 1. The topological polar surface area (TPSA) is 17.1 Å². The average molecular weight is 228 g/mol. The molecular weight excluding hydrogens is 208 g/mol. The summed E-state index contributed by atoms with van der Waals surface area (Å²) in [5.41, 5.74) is 2.48. The molecule has 0 amide bonds. The first-order chi connectivity index (χ1) is 8.25. The van der Waals surface area contributed by atoms with E-state index in [2.05, 4.69) is 18.7 Å². The first kappa shape index (κ1) is 12.1. The molecule has 0 bridgehead atoms. The van der Waals surface area contributed by atoms with E-state index in [0.717, 1.165) is 32.1 Å². The Morgan fingerprint density at radius 3 is 2.71 bits per heavy atom. The van der Waals surface area contributed by atoms with Crippen LogP contribution in [0.15, 0.2) is 42.5 Å². The Hall–Kier alpha value is -1.37. The van der Waals surface area contributed by atoms with E-state index >= 15 is 0 Å². The second-order valence-corrected chi connectivity index (χ2v) is 5.03. The first-order valence-electron chi connectivity index (χ1n) is 6.49. The van der Waals surface area contributed by atoms with Crippen molar-refractivity contribution in [3.63, 3.8) is 0 Å². The summed E-state index contributed by atoms with van der Waals surface area (Å²) in [6, 6.07) is 10.4. The molecule has 1 aromatic carbocycles. The number of allylic oxidation sites excluding steroid dienone is 1. The van der Waals surface area contributed by atoms with E-state index in [4.69, 9.17) is 0 Å². The SMILES string of the molecule is C=C(Cc1ccccc1)C[C@H]1CCCCC1=O. The summed E-state index contributed by atoms with van der Waals surface area (Å²) in [5, 5.41) is 0. The van der Waals surface area contributed by atoms with Gasteiger partial charge in [0.1, 0.15) is 5.78 Å².